The lowest BCUT2D eigenvalue weighted by Gasteiger charge is -2.18. The molecule has 3 heterocycles. The first-order valence-corrected chi connectivity index (χ1v) is 12.9. The van der Waals surface area contributed by atoms with Gasteiger partial charge in [-0.3, -0.25) is 9.78 Å². The normalized spacial score (nSPS) is 15.2. The SMILES string of the molecule is CCOC(=O)c1c(NC(=O)CSc2nnc(-c3cccnc3)n2CC)sc2c1CCC(C)C2. The number of ether oxygens (including phenoxy) is 1. The molecule has 3 aromatic heterocycles. The highest BCUT2D eigenvalue weighted by Crippen LogP contribution is 2.40. The molecule has 0 aromatic carbocycles. The molecule has 0 saturated carbocycles. The van der Waals surface area contributed by atoms with Crippen molar-refractivity contribution in [1.82, 2.24) is 19.7 Å². The van der Waals surface area contributed by atoms with Gasteiger partial charge in [-0.05, 0) is 56.7 Å². The highest BCUT2D eigenvalue weighted by Gasteiger charge is 2.29. The van der Waals surface area contributed by atoms with Gasteiger partial charge in [0.2, 0.25) is 5.91 Å². The molecule has 1 amide bonds. The Morgan fingerprint density at radius 3 is 2.91 bits per heavy atom. The van der Waals surface area contributed by atoms with Crippen molar-refractivity contribution in [3.8, 4) is 11.4 Å². The summed E-state index contributed by atoms with van der Waals surface area (Å²) in [5, 5.41) is 12.8. The number of rotatable bonds is 8. The highest BCUT2D eigenvalue weighted by molar-refractivity contribution is 7.99. The van der Waals surface area contributed by atoms with Crippen LogP contribution in [0.2, 0.25) is 0 Å². The summed E-state index contributed by atoms with van der Waals surface area (Å²) in [5.41, 5.74) is 2.43. The third-order valence-electron chi connectivity index (χ3n) is 5.53. The number of aromatic nitrogens is 4. The Morgan fingerprint density at radius 1 is 1.33 bits per heavy atom. The number of carbonyl (C=O) groups excluding carboxylic acids is 2. The predicted molar refractivity (Wildman–Crippen MR) is 130 cm³/mol. The van der Waals surface area contributed by atoms with Gasteiger partial charge in [-0.15, -0.1) is 21.5 Å². The summed E-state index contributed by atoms with van der Waals surface area (Å²) < 4.78 is 7.25. The van der Waals surface area contributed by atoms with Gasteiger partial charge in [0.05, 0.1) is 17.9 Å². The molecule has 0 saturated heterocycles. The standard InChI is InChI=1S/C23H27N5O3S2/c1-4-28-20(15-7-6-10-24-12-15)26-27-23(28)32-13-18(29)25-21-19(22(30)31-5-2)16-9-8-14(3)11-17(16)33-21/h6-7,10,12,14H,4-5,8-9,11,13H2,1-3H3,(H,25,29). The van der Waals surface area contributed by atoms with Crippen LogP contribution in [-0.4, -0.2) is 44.0 Å². The first-order chi connectivity index (χ1) is 16.0. The van der Waals surface area contributed by atoms with Crippen molar-refractivity contribution in [3.05, 3.63) is 40.5 Å². The molecule has 0 spiro atoms. The van der Waals surface area contributed by atoms with Gasteiger partial charge in [0.15, 0.2) is 11.0 Å². The van der Waals surface area contributed by atoms with Gasteiger partial charge in [-0.1, -0.05) is 18.7 Å². The van der Waals surface area contributed by atoms with Crippen molar-refractivity contribution in [2.75, 3.05) is 17.7 Å². The Morgan fingerprint density at radius 2 is 2.18 bits per heavy atom. The van der Waals surface area contributed by atoms with Crippen molar-refractivity contribution < 1.29 is 14.3 Å². The fourth-order valence-electron chi connectivity index (χ4n) is 3.94. The van der Waals surface area contributed by atoms with Gasteiger partial charge in [0, 0.05) is 29.4 Å². The third kappa shape index (κ3) is 5.11. The second-order valence-electron chi connectivity index (χ2n) is 7.91. The van der Waals surface area contributed by atoms with Crippen molar-refractivity contribution in [2.24, 2.45) is 5.92 Å². The Hall–Kier alpha value is -2.72. The van der Waals surface area contributed by atoms with E-state index in [-0.39, 0.29) is 17.6 Å². The molecule has 3 aromatic rings. The number of hydrogen-bond donors (Lipinski definition) is 1. The minimum absolute atomic E-state index is 0.159. The molecule has 1 aliphatic carbocycles. The number of hydrogen-bond acceptors (Lipinski definition) is 8. The van der Waals surface area contributed by atoms with Crippen LogP contribution in [0.5, 0.6) is 0 Å². The van der Waals surface area contributed by atoms with Crippen molar-refractivity contribution >= 4 is 40.0 Å². The maximum Gasteiger partial charge on any atom is 0.341 e. The number of carbonyl (C=O) groups is 2. The Kier molecular flexibility index (Phi) is 7.44. The van der Waals surface area contributed by atoms with Crippen LogP contribution in [0.1, 0.15) is 48.0 Å². The molecule has 1 atom stereocenters. The second-order valence-corrected chi connectivity index (χ2v) is 9.95. The molecule has 0 radical (unpaired) electrons. The van der Waals surface area contributed by atoms with Gasteiger partial charge >= 0.3 is 5.97 Å². The van der Waals surface area contributed by atoms with Crippen LogP contribution in [0.4, 0.5) is 5.00 Å². The van der Waals surface area contributed by atoms with Crippen molar-refractivity contribution in [1.29, 1.82) is 0 Å². The molecule has 0 aliphatic heterocycles. The number of fused-ring (bicyclic) bond motifs is 1. The second kappa shape index (κ2) is 10.5. The van der Waals surface area contributed by atoms with E-state index in [0.717, 1.165) is 36.2 Å². The van der Waals surface area contributed by atoms with Crippen LogP contribution >= 0.6 is 23.1 Å². The fraction of sp³-hybridized carbons (Fsp3) is 0.435. The summed E-state index contributed by atoms with van der Waals surface area (Å²) >= 11 is 2.82. The molecule has 1 unspecified atom stereocenters. The van der Waals surface area contributed by atoms with E-state index in [2.05, 4.69) is 27.4 Å². The van der Waals surface area contributed by atoms with E-state index < -0.39 is 0 Å². The van der Waals surface area contributed by atoms with E-state index in [1.807, 2.05) is 23.6 Å². The number of nitrogens with one attached hydrogen (secondary N) is 1. The van der Waals surface area contributed by atoms with Crippen molar-refractivity contribution in [2.45, 2.75) is 51.7 Å². The quantitative estimate of drug-likeness (QED) is 0.372. The van der Waals surface area contributed by atoms with E-state index in [1.165, 1.54) is 28.0 Å². The Labute approximate surface area is 201 Å². The molecule has 33 heavy (non-hydrogen) atoms. The van der Waals surface area contributed by atoms with E-state index in [4.69, 9.17) is 4.74 Å². The number of pyridine rings is 1. The van der Waals surface area contributed by atoms with Crippen LogP contribution in [0.25, 0.3) is 11.4 Å². The Balaban J connectivity index is 1.49. The summed E-state index contributed by atoms with van der Waals surface area (Å²) in [5.74, 6) is 0.898. The number of thiophene rings is 1. The molecule has 10 heteroatoms. The molecular formula is C23H27N5O3S2. The van der Waals surface area contributed by atoms with E-state index in [0.29, 0.717) is 34.8 Å². The summed E-state index contributed by atoms with van der Waals surface area (Å²) in [7, 11) is 0. The number of esters is 1. The molecular weight excluding hydrogens is 458 g/mol. The molecule has 4 rings (SSSR count). The summed E-state index contributed by atoms with van der Waals surface area (Å²) in [6, 6.07) is 3.79. The topological polar surface area (TPSA) is 99.0 Å². The lowest BCUT2D eigenvalue weighted by molar-refractivity contribution is -0.113. The molecule has 1 N–H and O–H groups in total. The molecule has 1 aliphatic rings. The molecule has 8 nitrogen and oxygen atoms in total. The summed E-state index contributed by atoms with van der Waals surface area (Å²) in [6.45, 7) is 6.98. The first kappa shape index (κ1) is 23.4. The number of amides is 1. The molecule has 0 bridgehead atoms. The van der Waals surface area contributed by atoms with Crippen molar-refractivity contribution in [3.63, 3.8) is 0 Å². The number of anilines is 1. The molecule has 0 fully saturated rings. The zero-order chi connectivity index (χ0) is 23.4. The maximum atomic E-state index is 12.8. The lowest BCUT2D eigenvalue weighted by atomic mass is 9.88. The third-order valence-corrected chi connectivity index (χ3v) is 7.67. The van der Waals surface area contributed by atoms with E-state index in [9.17, 15) is 9.59 Å². The van der Waals surface area contributed by atoms with Crippen LogP contribution in [-0.2, 0) is 28.9 Å². The van der Waals surface area contributed by atoms with E-state index in [1.54, 1.807) is 19.3 Å². The van der Waals surface area contributed by atoms with Gasteiger partial charge in [-0.25, -0.2) is 4.79 Å². The number of thioether (sulfide) groups is 1. The van der Waals surface area contributed by atoms with Gasteiger partial charge < -0.3 is 14.6 Å². The van der Waals surface area contributed by atoms with Crippen LogP contribution in [0.3, 0.4) is 0 Å². The van der Waals surface area contributed by atoms with E-state index >= 15 is 0 Å². The summed E-state index contributed by atoms with van der Waals surface area (Å²) in [4.78, 5) is 30.8. The molecule has 174 valence electrons. The van der Waals surface area contributed by atoms with Gasteiger partial charge in [0.25, 0.3) is 0 Å². The van der Waals surface area contributed by atoms with Gasteiger partial charge in [0.1, 0.15) is 5.00 Å². The zero-order valence-corrected chi connectivity index (χ0v) is 20.6. The lowest BCUT2D eigenvalue weighted by Crippen LogP contribution is -2.18. The highest BCUT2D eigenvalue weighted by atomic mass is 32.2. The first-order valence-electron chi connectivity index (χ1n) is 11.1. The van der Waals surface area contributed by atoms with Crippen LogP contribution in [0.15, 0.2) is 29.7 Å². The van der Waals surface area contributed by atoms with Crippen LogP contribution < -0.4 is 5.32 Å². The fourth-order valence-corrected chi connectivity index (χ4v) is 6.16. The number of nitrogens with zero attached hydrogens (tertiary/aromatic N) is 4. The smallest absolute Gasteiger partial charge is 0.341 e. The largest absolute Gasteiger partial charge is 0.462 e. The minimum Gasteiger partial charge on any atom is -0.462 e. The average Bonchev–Trinajstić information content (AvgIpc) is 3.38. The predicted octanol–water partition coefficient (Wildman–Crippen LogP) is 4.45. The average molecular weight is 486 g/mol. The monoisotopic (exact) mass is 485 g/mol. The maximum absolute atomic E-state index is 12.8. The van der Waals surface area contributed by atoms with Gasteiger partial charge in [-0.2, -0.15) is 0 Å². The zero-order valence-electron chi connectivity index (χ0n) is 19.0. The minimum atomic E-state index is -0.362. The Bertz CT molecular complexity index is 1140. The summed E-state index contributed by atoms with van der Waals surface area (Å²) in [6.07, 6.45) is 6.25. The van der Waals surface area contributed by atoms with Crippen LogP contribution in [0, 0.1) is 5.92 Å².